The van der Waals surface area contributed by atoms with Crippen molar-refractivity contribution in [3.63, 3.8) is 0 Å². The van der Waals surface area contributed by atoms with Crippen molar-refractivity contribution < 1.29 is 19.4 Å². The molecular formula is C24H24ClNO5. The van der Waals surface area contributed by atoms with Gasteiger partial charge in [-0.3, -0.25) is 9.59 Å². The standard InChI is InChI=1S/C24H24ClNO5/c1-4-18-16(11-14-5-7-15(8-6-14)23(29)13(2)3)24(30)21-19(31-12-20(27)28)10-9-17(25)22(21)26-18/h5-10,13H,4,11-12H2,1-3H3,(H,26,30)(H,27,28). The van der Waals surface area contributed by atoms with Gasteiger partial charge in [0.05, 0.1) is 15.9 Å². The first-order valence-corrected chi connectivity index (χ1v) is 10.4. The molecule has 0 spiro atoms. The van der Waals surface area contributed by atoms with E-state index in [-0.39, 0.29) is 28.3 Å². The summed E-state index contributed by atoms with van der Waals surface area (Å²) in [5, 5.41) is 9.52. The number of carbonyl (C=O) groups excluding carboxylic acids is 1. The van der Waals surface area contributed by atoms with E-state index in [9.17, 15) is 14.4 Å². The number of rotatable bonds is 8. The lowest BCUT2D eigenvalue weighted by Gasteiger charge is -2.14. The first-order chi connectivity index (χ1) is 14.7. The van der Waals surface area contributed by atoms with E-state index < -0.39 is 12.6 Å². The third kappa shape index (κ3) is 4.80. The molecule has 0 saturated carbocycles. The van der Waals surface area contributed by atoms with Crippen molar-refractivity contribution in [1.82, 2.24) is 4.98 Å². The summed E-state index contributed by atoms with van der Waals surface area (Å²) in [6.45, 7) is 5.08. The van der Waals surface area contributed by atoms with Gasteiger partial charge in [-0.15, -0.1) is 0 Å². The van der Waals surface area contributed by atoms with Crippen LogP contribution >= 0.6 is 11.6 Å². The molecule has 0 atom stereocenters. The molecule has 1 aromatic heterocycles. The number of pyridine rings is 1. The van der Waals surface area contributed by atoms with Crippen LogP contribution in [0.5, 0.6) is 5.75 Å². The van der Waals surface area contributed by atoms with E-state index in [1.807, 2.05) is 32.9 Å². The van der Waals surface area contributed by atoms with Gasteiger partial charge in [-0.1, -0.05) is 56.6 Å². The van der Waals surface area contributed by atoms with Gasteiger partial charge in [-0.25, -0.2) is 4.79 Å². The summed E-state index contributed by atoms with van der Waals surface area (Å²) < 4.78 is 5.34. The summed E-state index contributed by atoms with van der Waals surface area (Å²) in [7, 11) is 0. The molecule has 0 unspecified atom stereocenters. The minimum absolute atomic E-state index is 0.0687. The SMILES string of the molecule is CCc1[nH]c2c(Cl)ccc(OCC(=O)O)c2c(=O)c1Cc1ccc(C(=O)C(C)C)cc1. The smallest absolute Gasteiger partial charge is 0.341 e. The zero-order chi connectivity index (χ0) is 22.7. The van der Waals surface area contributed by atoms with Crippen molar-refractivity contribution in [3.05, 3.63) is 74.0 Å². The lowest BCUT2D eigenvalue weighted by molar-refractivity contribution is -0.139. The van der Waals surface area contributed by atoms with Gasteiger partial charge in [-0.2, -0.15) is 0 Å². The number of fused-ring (bicyclic) bond motifs is 1. The first kappa shape index (κ1) is 22.6. The second-order valence-corrected chi connectivity index (χ2v) is 8.04. The normalized spacial score (nSPS) is 11.1. The van der Waals surface area contributed by atoms with Crippen molar-refractivity contribution in [2.24, 2.45) is 5.92 Å². The molecule has 0 bridgehead atoms. The van der Waals surface area contributed by atoms with E-state index in [1.54, 1.807) is 18.2 Å². The van der Waals surface area contributed by atoms with Crippen LogP contribution < -0.4 is 10.2 Å². The van der Waals surface area contributed by atoms with Crippen LogP contribution in [0.4, 0.5) is 0 Å². The number of Topliss-reactive ketones (excluding diaryl/α,β-unsaturated/α-hetero) is 1. The molecule has 2 aromatic carbocycles. The van der Waals surface area contributed by atoms with E-state index in [1.165, 1.54) is 6.07 Å². The molecule has 3 aromatic rings. The van der Waals surface area contributed by atoms with E-state index in [0.29, 0.717) is 34.5 Å². The number of aliphatic carboxylic acids is 1. The van der Waals surface area contributed by atoms with E-state index >= 15 is 0 Å². The Morgan fingerprint density at radius 1 is 1.13 bits per heavy atom. The lowest BCUT2D eigenvalue weighted by atomic mass is 9.96. The Bertz CT molecular complexity index is 1200. The van der Waals surface area contributed by atoms with Crippen LogP contribution in [0.1, 0.15) is 48.0 Å². The fourth-order valence-electron chi connectivity index (χ4n) is 3.49. The van der Waals surface area contributed by atoms with Gasteiger partial charge >= 0.3 is 5.97 Å². The van der Waals surface area contributed by atoms with Crippen LogP contribution in [0.2, 0.25) is 5.02 Å². The number of ketones is 1. The Kier molecular flexibility index (Phi) is 6.81. The number of aromatic nitrogens is 1. The molecule has 0 radical (unpaired) electrons. The number of carboxylic acids is 1. The number of benzene rings is 2. The Morgan fingerprint density at radius 3 is 2.39 bits per heavy atom. The fourth-order valence-corrected chi connectivity index (χ4v) is 3.70. The predicted molar refractivity (Wildman–Crippen MR) is 121 cm³/mol. The van der Waals surface area contributed by atoms with Gasteiger partial charge in [0.1, 0.15) is 5.75 Å². The number of aryl methyl sites for hydroxylation is 1. The minimum Gasteiger partial charge on any atom is -0.481 e. The van der Waals surface area contributed by atoms with Crippen LogP contribution in [0.3, 0.4) is 0 Å². The maximum Gasteiger partial charge on any atom is 0.341 e. The summed E-state index contributed by atoms with van der Waals surface area (Å²) in [5.41, 5.74) is 2.99. The molecule has 162 valence electrons. The van der Waals surface area contributed by atoms with Gasteiger partial charge in [0, 0.05) is 29.2 Å². The zero-order valence-electron chi connectivity index (χ0n) is 17.6. The maximum absolute atomic E-state index is 13.4. The number of H-pyrrole nitrogens is 1. The highest BCUT2D eigenvalue weighted by atomic mass is 35.5. The number of hydrogen-bond donors (Lipinski definition) is 2. The average molecular weight is 442 g/mol. The van der Waals surface area contributed by atoms with Crippen LogP contribution in [-0.2, 0) is 17.6 Å². The molecule has 7 heteroatoms. The molecular weight excluding hydrogens is 418 g/mol. The second kappa shape index (κ2) is 9.35. The molecule has 0 fully saturated rings. The average Bonchev–Trinajstić information content (AvgIpc) is 2.74. The quantitative estimate of drug-likeness (QED) is 0.496. The molecule has 3 rings (SSSR count). The third-order valence-corrected chi connectivity index (χ3v) is 5.42. The molecule has 0 saturated heterocycles. The number of carbonyl (C=O) groups is 2. The second-order valence-electron chi connectivity index (χ2n) is 7.64. The van der Waals surface area contributed by atoms with Crippen molar-refractivity contribution in [3.8, 4) is 5.75 Å². The van der Waals surface area contributed by atoms with Gasteiger partial charge in [0.2, 0.25) is 0 Å². The number of nitrogens with one attached hydrogen (secondary N) is 1. The Balaban J connectivity index is 2.08. The van der Waals surface area contributed by atoms with Crippen LogP contribution in [0.15, 0.2) is 41.2 Å². The van der Waals surface area contributed by atoms with Crippen molar-refractivity contribution in [2.45, 2.75) is 33.6 Å². The zero-order valence-corrected chi connectivity index (χ0v) is 18.4. The van der Waals surface area contributed by atoms with Crippen LogP contribution in [-0.4, -0.2) is 28.4 Å². The molecule has 2 N–H and O–H groups in total. The summed E-state index contributed by atoms with van der Waals surface area (Å²) in [4.78, 5) is 39.8. The monoisotopic (exact) mass is 441 g/mol. The molecule has 1 heterocycles. The fraction of sp³-hybridized carbons (Fsp3) is 0.292. The number of halogens is 1. The summed E-state index contributed by atoms with van der Waals surface area (Å²) in [5.74, 6) is -0.986. The molecule has 31 heavy (non-hydrogen) atoms. The molecule has 0 aliphatic carbocycles. The van der Waals surface area contributed by atoms with E-state index in [2.05, 4.69) is 4.98 Å². The summed E-state index contributed by atoms with van der Waals surface area (Å²) in [6.07, 6.45) is 0.941. The molecule has 6 nitrogen and oxygen atoms in total. The first-order valence-electron chi connectivity index (χ1n) is 10.1. The van der Waals surface area contributed by atoms with Crippen molar-refractivity contribution in [2.75, 3.05) is 6.61 Å². The largest absolute Gasteiger partial charge is 0.481 e. The third-order valence-electron chi connectivity index (χ3n) is 5.11. The highest BCUT2D eigenvalue weighted by molar-refractivity contribution is 6.35. The highest BCUT2D eigenvalue weighted by Gasteiger charge is 2.18. The lowest BCUT2D eigenvalue weighted by Crippen LogP contribution is -2.18. The molecule has 0 aliphatic heterocycles. The summed E-state index contributed by atoms with van der Waals surface area (Å²) in [6, 6.07) is 10.3. The van der Waals surface area contributed by atoms with Gasteiger partial charge in [0.15, 0.2) is 17.8 Å². The van der Waals surface area contributed by atoms with Crippen LogP contribution in [0, 0.1) is 5.92 Å². The number of aromatic amines is 1. The van der Waals surface area contributed by atoms with Crippen LogP contribution in [0.25, 0.3) is 10.9 Å². The highest BCUT2D eigenvalue weighted by Crippen LogP contribution is 2.29. The van der Waals surface area contributed by atoms with Crippen molar-refractivity contribution in [1.29, 1.82) is 0 Å². The number of hydrogen-bond acceptors (Lipinski definition) is 4. The Labute approximate surface area is 184 Å². The van der Waals surface area contributed by atoms with Gasteiger partial charge in [-0.05, 0) is 24.1 Å². The van der Waals surface area contributed by atoms with E-state index in [0.717, 1.165) is 11.3 Å². The summed E-state index contributed by atoms with van der Waals surface area (Å²) >= 11 is 6.30. The molecule has 0 aliphatic rings. The minimum atomic E-state index is -1.14. The number of carboxylic acid groups (broad SMARTS) is 1. The Hall–Kier alpha value is -3.12. The van der Waals surface area contributed by atoms with E-state index in [4.69, 9.17) is 21.4 Å². The maximum atomic E-state index is 13.4. The van der Waals surface area contributed by atoms with Gasteiger partial charge < -0.3 is 14.8 Å². The Morgan fingerprint density at radius 2 is 1.81 bits per heavy atom. The predicted octanol–water partition coefficient (Wildman–Crippen LogP) is 4.64. The number of ether oxygens (including phenoxy) is 1. The van der Waals surface area contributed by atoms with Crippen molar-refractivity contribution >= 4 is 34.3 Å². The van der Waals surface area contributed by atoms with Gasteiger partial charge in [0.25, 0.3) is 0 Å². The topological polar surface area (TPSA) is 96.5 Å². The molecule has 0 amide bonds.